The molecule has 1 aromatic heterocycles. The van der Waals surface area contributed by atoms with Crippen LogP contribution in [-0.4, -0.2) is 42.1 Å². The molecule has 2 aromatic rings. The number of nitrogens with one attached hydrogen (secondary N) is 1. The van der Waals surface area contributed by atoms with E-state index in [1.165, 1.54) is 6.07 Å². The van der Waals surface area contributed by atoms with E-state index in [0.717, 1.165) is 12.1 Å². The minimum absolute atomic E-state index is 0.0448. The molecule has 0 atom stereocenters. The number of amides is 2. The first-order valence-corrected chi connectivity index (χ1v) is 7.79. The Bertz CT molecular complexity index is 751. The Labute approximate surface area is 142 Å². The molecule has 1 aromatic carbocycles. The van der Waals surface area contributed by atoms with E-state index in [1.54, 1.807) is 23.2 Å². The van der Waals surface area contributed by atoms with E-state index in [0.29, 0.717) is 37.0 Å². The van der Waals surface area contributed by atoms with E-state index in [9.17, 15) is 13.6 Å². The molecular formula is C16H15ClF2N4O. The third-order valence-corrected chi connectivity index (χ3v) is 4.07. The van der Waals surface area contributed by atoms with Crippen molar-refractivity contribution in [3.8, 4) is 0 Å². The molecule has 0 saturated carbocycles. The number of urea groups is 1. The summed E-state index contributed by atoms with van der Waals surface area (Å²) >= 11 is 6.12. The van der Waals surface area contributed by atoms with Crippen molar-refractivity contribution in [2.45, 2.75) is 0 Å². The van der Waals surface area contributed by atoms with Gasteiger partial charge in [-0.2, -0.15) is 0 Å². The molecule has 0 aliphatic carbocycles. The Morgan fingerprint density at radius 2 is 1.92 bits per heavy atom. The number of aromatic nitrogens is 1. The van der Waals surface area contributed by atoms with Gasteiger partial charge in [0.1, 0.15) is 17.5 Å². The molecule has 2 heterocycles. The van der Waals surface area contributed by atoms with Gasteiger partial charge in [-0.05, 0) is 24.3 Å². The lowest BCUT2D eigenvalue weighted by molar-refractivity contribution is 0.208. The van der Waals surface area contributed by atoms with Gasteiger partial charge in [-0.15, -0.1) is 0 Å². The van der Waals surface area contributed by atoms with Crippen molar-refractivity contribution in [2.75, 3.05) is 36.4 Å². The molecule has 24 heavy (non-hydrogen) atoms. The first-order valence-electron chi connectivity index (χ1n) is 7.41. The van der Waals surface area contributed by atoms with Crippen LogP contribution in [-0.2, 0) is 0 Å². The smallest absolute Gasteiger partial charge is 0.322 e. The van der Waals surface area contributed by atoms with Crippen molar-refractivity contribution in [1.29, 1.82) is 0 Å². The first-order chi connectivity index (χ1) is 11.5. The summed E-state index contributed by atoms with van der Waals surface area (Å²) in [6, 6.07) is 6.13. The molecule has 3 rings (SSSR count). The zero-order valence-electron chi connectivity index (χ0n) is 12.7. The normalized spacial score (nSPS) is 14.6. The monoisotopic (exact) mass is 352 g/mol. The minimum Gasteiger partial charge on any atom is -0.352 e. The van der Waals surface area contributed by atoms with E-state index in [1.807, 2.05) is 4.90 Å². The van der Waals surface area contributed by atoms with Crippen LogP contribution in [0.25, 0.3) is 0 Å². The second-order valence-corrected chi connectivity index (χ2v) is 5.74. The van der Waals surface area contributed by atoms with Crippen LogP contribution in [0, 0.1) is 11.6 Å². The zero-order chi connectivity index (χ0) is 17.1. The number of carbonyl (C=O) groups excluding carboxylic acids is 1. The average molecular weight is 353 g/mol. The standard InChI is InChI=1S/C16H15ClF2N4O/c17-12-2-1-5-20-15(12)22-6-8-23(9-7-22)16(24)21-14-4-3-11(18)10-13(14)19/h1-5,10H,6-9H2,(H,21,24). The van der Waals surface area contributed by atoms with Crippen LogP contribution in [0.4, 0.5) is 25.1 Å². The van der Waals surface area contributed by atoms with Gasteiger partial charge >= 0.3 is 6.03 Å². The average Bonchev–Trinajstić information content (AvgIpc) is 2.58. The van der Waals surface area contributed by atoms with E-state index in [4.69, 9.17) is 11.6 Å². The van der Waals surface area contributed by atoms with Gasteiger partial charge in [0.15, 0.2) is 0 Å². The molecule has 1 fully saturated rings. The highest BCUT2D eigenvalue weighted by molar-refractivity contribution is 6.32. The highest BCUT2D eigenvalue weighted by atomic mass is 35.5. The lowest BCUT2D eigenvalue weighted by Gasteiger charge is -2.35. The maximum absolute atomic E-state index is 13.6. The summed E-state index contributed by atoms with van der Waals surface area (Å²) in [5.41, 5.74) is -0.0448. The summed E-state index contributed by atoms with van der Waals surface area (Å²) in [6.07, 6.45) is 1.66. The maximum Gasteiger partial charge on any atom is 0.322 e. The van der Waals surface area contributed by atoms with E-state index >= 15 is 0 Å². The van der Waals surface area contributed by atoms with Crippen LogP contribution < -0.4 is 10.2 Å². The van der Waals surface area contributed by atoms with Gasteiger partial charge in [-0.3, -0.25) is 0 Å². The minimum atomic E-state index is -0.803. The fraction of sp³-hybridized carbons (Fsp3) is 0.250. The number of hydrogen-bond acceptors (Lipinski definition) is 3. The van der Waals surface area contributed by atoms with Crippen molar-refractivity contribution < 1.29 is 13.6 Å². The molecule has 5 nitrogen and oxygen atoms in total. The van der Waals surface area contributed by atoms with Crippen LogP contribution in [0.15, 0.2) is 36.5 Å². The molecule has 1 saturated heterocycles. The number of hydrogen-bond donors (Lipinski definition) is 1. The largest absolute Gasteiger partial charge is 0.352 e. The van der Waals surface area contributed by atoms with Gasteiger partial charge in [-0.1, -0.05) is 11.6 Å². The van der Waals surface area contributed by atoms with Crippen LogP contribution in [0.3, 0.4) is 0 Å². The van der Waals surface area contributed by atoms with Crippen molar-refractivity contribution in [3.05, 3.63) is 53.2 Å². The molecule has 1 aliphatic rings. The zero-order valence-corrected chi connectivity index (χ0v) is 13.4. The third kappa shape index (κ3) is 3.56. The predicted octanol–water partition coefficient (Wildman–Crippen LogP) is 3.37. The Morgan fingerprint density at radius 1 is 1.17 bits per heavy atom. The first kappa shape index (κ1) is 16.4. The highest BCUT2D eigenvalue weighted by Crippen LogP contribution is 2.23. The fourth-order valence-corrected chi connectivity index (χ4v) is 2.76. The number of halogens is 3. The lowest BCUT2D eigenvalue weighted by Crippen LogP contribution is -2.50. The van der Waals surface area contributed by atoms with Crippen molar-refractivity contribution >= 4 is 29.1 Å². The summed E-state index contributed by atoms with van der Waals surface area (Å²) in [5, 5.41) is 3.02. The van der Waals surface area contributed by atoms with Gasteiger partial charge in [0, 0.05) is 38.4 Å². The van der Waals surface area contributed by atoms with Crippen LogP contribution in [0.1, 0.15) is 0 Å². The topological polar surface area (TPSA) is 48.5 Å². The van der Waals surface area contributed by atoms with Gasteiger partial charge in [0.05, 0.1) is 10.7 Å². The molecule has 2 amide bonds. The third-order valence-electron chi connectivity index (χ3n) is 3.78. The predicted molar refractivity (Wildman–Crippen MR) is 88.4 cm³/mol. The van der Waals surface area contributed by atoms with Gasteiger partial charge in [-0.25, -0.2) is 18.6 Å². The second kappa shape index (κ2) is 7.00. The van der Waals surface area contributed by atoms with Gasteiger partial charge in [0.25, 0.3) is 0 Å². The molecule has 0 bridgehead atoms. The molecule has 0 unspecified atom stereocenters. The van der Waals surface area contributed by atoms with E-state index in [-0.39, 0.29) is 5.69 Å². The van der Waals surface area contributed by atoms with E-state index in [2.05, 4.69) is 10.3 Å². The SMILES string of the molecule is O=C(Nc1ccc(F)cc1F)N1CCN(c2ncccc2Cl)CC1. The van der Waals surface area contributed by atoms with Gasteiger partial charge < -0.3 is 15.1 Å². The summed E-state index contributed by atoms with van der Waals surface area (Å²) < 4.78 is 26.5. The molecular weight excluding hydrogens is 338 g/mol. The van der Waals surface area contributed by atoms with Crippen molar-refractivity contribution in [1.82, 2.24) is 9.88 Å². The molecule has 8 heteroatoms. The molecule has 0 radical (unpaired) electrons. The molecule has 1 N–H and O–H groups in total. The number of benzene rings is 1. The highest BCUT2D eigenvalue weighted by Gasteiger charge is 2.23. The summed E-state index contributed by atoms with van der Waals surface area (Å²) in [6.45, 7) is 2.02. The number of piperazine rings is 1. The second-order valence-electron chi connectivity index (χ2n) is 5.34. The summed E-state index contributed by atoms with van der Waals surface area (Å²) in [4.78, 5) is 20.0. The van der Waals surface area contributed by atoms with Gasteiger partial charge in [0.2, 0.25) is 0 Å². The number of nitrogens with zero attached hydrogens (tertiary/aromatic N) is 3. The quantitative estimate of drug-likeness (QED) is 0.901. The Hall–Kier alpha value is -2.41. The lowest BCUT2D eigenvalue weighted by atomic mass is 10.3. The number of rotatable bonds is 2. The number of carbonyl (C=O) groups is 1. The van der Waals surface area contributed by atoms with Crippen molar-refractivity contribution in [2.24, 2.45) is 0 Å². The van der Waals surface area contributed by atoms with Crippen LogP contribution >= 0.6 is 11.6 Å². The molecule has 1 aliphatic heterocycles. The van der Waals surface area contributed by atoms with E-state index < -0.39 is 17.7 Å². The van der Waals surface area contributed by atoms with Crippen molar-refractivity contribution in [3.63, 3.8) is 0 Å². The van der Waals surface area contributed by atoms with Crippen LogP contribution in [0.5, 0.6) is 0 Å². The molecule has 126 valence electrons. The Balaban J connectivity index is 1.60. The molecule has 0 spiro atoms. The number of pyridine rings is 1. The fourth-order valence-electron chi connectivity index (χ4n) is 2.52. The Morgan fingerprint density at radius 3 is 2.58 bits per heavy atom. The Kier molecular flexibility index (Phi) is 4.80. The number of anilines is 2. The summed E-state index contributed by atoms with van der Waals surface area (Å²) in [5.74, 6) is -0.808. The maximum atomic E-state index is 13.6. The summed E-state index contributed by atoms with van der Waals surface area (Å²) in [7, 11) is 0. The van der Waals surface area contributed by atoms with Crippen LogP contribution in [0.2, 0.25) is 5.02 Å².